The zero-order chi connectivity index (χ0) is 16.9. The molecule has 2 amide bonds. The van der Waals surface area contributed by atoms with E-state index in [2.05, 4.69) is 20.6 Å². The van der Waals surface area contributed by atoms with E-state index in [4.69, 9.17) is 0 Å². The summed E-state index contributed by atoms with van der Waals surface area (Å²) in [6.45, 7) is 1.38. The topological polar surface area (TPSA) is 66.9 Å². The summed E-state index contributed by atoms with van der Waals surface area (Å²) in [5.41, 5.74) is 3.17. The number of carbonyl (C=O) groups excluding carboxylic acids is 1. The van der Waals surface area contributed by atoms with Gasteiger partial charge in [-0.3, -0.25) is 10.3 Å². The molecule has 0 atom stereocenters. The van der Waals surface area contributed by atoms with E-state index in [-0.39, 0.29) is 6.54 Å². The van der Waals surface area contributed by atoms with Gasteiger partial charge in [-0.25, -0.2) is 14.2 Å². The molecule has 0 spiro atoms. The molecule has 0 unspecified atom stereocenters. The van der Waals surface area contributed by atoms with Crippen LogP contribution in [0.15, 0.2) is 48.9 Å². The Morgan fingerprint density at radius 2 is 1.96 bits per heavy atom. The lowest BCUT2D eigenvalue weighted by atomic mass is 9.97. The van der Waals surface area contributed by atoms with Crippen LogP contribution in [0.25, 0.3) is 21.9 Å². The number of aromatic nitrogens is 2. The van der Waals surface area contributed by atoms with Crippen LogP contribution in [0.3, 0.4) is 0 Å². The molecule has 0 fully saturated rings. The van der Waals surface area contributed by atoms with E-state index in [1.54, 1.807) is 18.6 Å². The number of hydrogen-bond donors (Lipinski definition) is 2. The summed E-state index contributed by atoms with van der Waals surface area (Å²) in [7, 11) is 0. The first-order valence-electron chi connectivity index (χ1n) is 7.59. The molecule has 0 saturated carbocycles. The highest BCUT2D eigenvalue weighted by Gasteiger charge is 2.09. The van der Waals surface area contributed by atoms with Crippen molar-refractivity contribution in [2.75, 3.05) is 18.5 Å². The van der Waals surface area contributed by atoms with Gasteiger partial charge in [0.15, 0.2) is 0 Å². The van der Waals surface area contributed by atoms with Crippen molar-refractivity contribution in [3.8, 4) is 11.1 Å². The number of halogens is 1. The second-order valence-corrected chi connectivity index (χ2v) is 5.35. The van der Waals surface area contributed by atoms with Crippen LogP contribution in [-0.4, -0.2) is 29.2 Å². The van der Waals surface area contributed by atoms with Crippen molar-refractivity contribution in [3.05, 3.63) is 54.5 Å². The van der Waals surface area contributed by atoms with E-state index in [1.165, 1.54) is 0 Å². The molecule has 0 radical (unpaired) electrons. The summed E-state index contributed by atoms with van der Waals surface area (Å²) in [6, 6.07) is 9.31. The quantitative estimate of drug-likeness (QED) is 0.769. The molecule has 0 aliphatic carbocycles. The second-order valence-electron chi connectivity index (χ2n) is 5.35. The highest BCUT2D eigenvalue weighted by Crippen LogP contribution is 2.31. The van der Waals surface area contributed by atoms with Crippen LogP contribution in [0.2, 0.25) is 0 Å². The van der Waals surface area contributed by atoms with E-state index < -0.39 is 12.7 Å². The third-order valence-corrected chi connectivity index (χ3v) is 3.73. The molecule has 122 valence electrons. The van der Waals surface area contributed by atoms with Gasteiger partial charge in [-0.05, 0) is 47.2 Å². The highest BCUT2D eigenvalue weighted by molar-refractivity contribution is 6.00. The van der Waals surface area contributed by atoms with E-state index in [9.17, 15) is 9.18 Å². The van der Waals surface area contributed by atoms with Gasteiger partial charge in [0, 0.05) is 30.5 Å². The minimum Gasteiger partial charge on any atom is -0.335 e. The first-order chi connectivity index (χ1) is 11.7. The molecule has 0 aliphatic rings. The second kappa shape index (κ2) is 7.04. The Balaban J connectivity index is 2.02. The van der Waals surface area contributed by atoms with E-state index in [0.29, 0.717) is 5.82 Å². The molecule has 24 heavy (non-hydrogen) atoms. The summed E-state index contributed by atoms with van der Waals surface area (Å²) in [5.74, 6) is 0.416. The van der Waals surface area contributed by atoms with E-state index in [1.807, 2.05) is 37.3 Å². The van der Waals surface area contributed by atoms with E-state index in [0.717, 1.165) is 27.5 Å². The first kappa shape index (κ1) is 15.9. The molecular formula is C18H17FN4O. The average Bonchev–Trinajstić information content (AvgIpc) is 2.61. The fourth-order valence-corrected chi connectivity index (χ4v) is 2.55. The van der Waals surface area contributed by atoms with Gasteiger partial charge >= 0.3 is 6.03 Å². The fraction of sp³-hybridized carbons (Fsp3) is 0.167. The van der Waals surface area contributed by atoms with Crippen LogP contribution in [0.4, 0.5) is 15.0 Å². The van der Waals surface area contributed by atoms with Gasteiger partial charge in [0.1, 0.15) is 12.5 Å². The Morgan fingerprint density at radius 1 is 1.17 bits per heavy atom. The number of nitrogens with one attached hydrogen (secondary N) is 2. The molecule has 2 aromatic heterocycles. The maximum Gasteiger partial charge on any atom is 0.320 e. The van der Waals surface area contributed by atoms with Gasteiger partial charge < -0.3 is 5.32 Å². The van der Waals surface area contributed by atoms with Crippen molar-refractivity contribution in [1.29, 1.82) is 0 Å². The van der Waals surface area contributed by atoms with Gasteiger partial charge in [-0.2, -0.15) is 0 Å². The van der Waals surface area contributed by atoms with Crippen LogP contribution < -0.4 is 10.6 Å². The number of aryl methyl sites for hydroxylation is 1. The van der Waals surface area contributed by atoms with Crippen molar-refractivity contribution < 1.29 is 9.18 Å². The van der Waals surface area contributed by atoms with Gasteiger partial charge in [-0.15, -0.1) is 0 Å². The monoisotopic (exact) mass is 324 g/mol. The molecule has 3 aromatic rings. The Kier molecular flexibility index (Phi) is 4.65. The SMILES string of the molecule is Cc1ccc(-c2ccncc2)c2cc(NC(=O)NCCF)ncc12. The highest BCUT2D eigenvalue weighted by atomic mass is 19.1. The Labute approximate surface area is 138 Å². The van der Waals surface area contributed by atoms with Crippen molar-refractivity contribution in [3.63, 3.8) is 0 Å². The van der Waals surface area contributed by atoms with Crippen LogP contribution in [0.1, 0.15) is 5.56 Å². The third-order valence-electron chi connectivity index (χ3n) is 3.73. The Hall–Kier alpha value is -3.02. The first-order valence-corrected chi connectivity index (χ1v) is 7.59. The van der Waals surface area contributed by atoms with Gasteiger partial charge in [0.2, 0.25) is 0 Å². The van der Waals surface area contributed by atoms with E-state index >= 15 is 0 Å². The number of nitrogens with zero attached hydrogens (tertiary/aromatic N) is 2. The number of urea groups is 1. The number of rotatable bonds is 4. The Bertz CT molecular complexity index is 868. The maximum absolute atomic E-state index is 12.1. The lowest BCUT2D eigenvalue weighted by Gasteiger charge is -2.11. The van der Waals surface area contributed by atoms with Crippen molar-refractivity contribution in [2.24, 2.45) is 0 Å². The minimum absolute atomic E-state index is 0.0270. The lowest BCUT2D eigenvalue weighted by Crippen LogP contribution is -2.30. The maximum atomic E-state index is 12.1. The molecular weight excluding hydrogens is 307 g/mol. The zero-order valence-corrected chi connectivity index (χ0v) is 13.2. The van der Waals surface area contributed by atoms with Gasteiger partial charge in [0.05, 0.1) is 0 Å². The smallest absolute Gasteiger partial charge is 0.320 e. The molecule has 5 nitrogen and oxygen atoms in total. The molecule has 3 rings (SSSR count). The molecule has 0 saturated heterocycles. The van der Waals surface area contributed by atoms with Crippen molar-refractivity contribution in [1.82, 2.24) is 15.3 Å². The van der Waals surface area contributed by atoms with Crippen LogP contribution in [0.5, 0.6) is 0 Å². The fourth-order valence-electron chi connectivity index (χ4n) is 2.55. The third kappa shape index (κ3) is 3.32. The van der Waals surface area contributed by atoms with Crippen LogP contribution >= 0.6 is 0 Å². The number of alkyl halides is 1. The number of carbonyl (C=O) groups is 1. The molecule has 6 heteroatoms. The summed E-state index contributed by atoms with van der Waals surface area (Å²) in [5, 5.41) is 7.04. The van der Waals surface area contributed by atoms with Crippen molar-refractivity contribution in [2.45, 2.75) is 6.92 Å². The lowest BCUT2D eigenvalue weighted by molar-refractivity contribution is 0.251. The van der Waals surface area contributed by atoms with Crippen molar-refractivity contribution >= 4 is 22.6 Å². The molecule has 1 aromatic carbocycles. The number of pyridine rings is 2. The molecule has 2 N–H and O–H groups in total. The standard InChI is InChI=1S/C18H17FN4O/c1-12-2-3-14(13-4-7-20-8-5-13)15-10-17(22-11-16(12)15)23-18(24)21-9-6-19/h2-5,7-8,10-11H,6,9H2,1H3,(H2,21,22,23,24). The number of anilines is 1. The molecule has 0 bridgehead atoms. The zero-order valence-electron chi connectivity index (χ0n) is 13.2. The van der Waals surface area contributed by atoms with Crippen LogP contribution in [0, 0.1) is 6.92 Å². The van der Waals surface area contributed by atoms with Gasteiger partial charge in [-0.1, -0.05) is 12.1 Å². The largest absolute Gasteiger partial charge is 0.335 e. The van der Waals surface area contributed by atoms with Gasteiger partial charge in [0.25, 0.3) is 0 Å². The predicted octanol–water partition coefficient (Wildman–Crippen LogP) is 3.70. The molecule has 2 heterocycles. The minimum atomic E-state index is -0.607. The average molecular weight is 324 g/mol. The summed E-state index contributed by atoms with van der Waals surface area (Å²) in [4.78, 5) is 20.0. The summed E-state index contributed by atoms with van der Waals surface area (Å²) >= 11 is 0. The molecule has 0 aliphatic heterocycles. The number of hydrogen-bond acceptors (Lipinski definition) is 3. The summed E-state index contributed by atoms with van der Waals surface area (Å²) in [6.07, 6.45) is 5.22. The predicted molar refractivity (Wildman–Crippen MR) is 92.7 cm³/mol. The Morgan fingerprint density at radius 3 is 2.71 bits per heavy atom. The number of fused-ring (bicyclic) bond motifs is 1. The number of benzene rings is 1. The normalized spacial score (nSPS) is 10.6. The number of amides is 2. The summed E-state index contributed by atoms with van der Waals surface area (Å²) < 4.78 is 12.1. The van der Waals surface area contributed by atoms with Crippen LogP contribution in [-0.2, 0) is 0 Å².